The molecule has 0 aliphatic carbocycles. The van der Waals surface area contributed by atoms with Crippen LogP contribution < -0.4 is 0 Å². The Kier molecular flexibility index (Phi) is 3.88. The third kappa shape index (κ3) is 2.80. The summed E-state index contributed by atoms with van der Waals surface area (Å²) in [7, 11) is 0. The summed E-state index contributed by atoms with van der Waals surface area (Å²) < 4.78 is 1.86. The fourth-order valence-electron chi connectivity index (χ4n) is 1.03. The van der Waals surface area contributed by atoms with E-state index in [9.17, 15) is 10.1 Å². The molecule has 0 spiro atoms. The van der Waals surface area contributed by atoms with Crippen molar-refractivity contribution in [2.75, 3.05) is 0 Å². The zero-order chi connectivity index (χ0) is 9.68. The second kappa shape index (κ2) is 4.96. The summed E-state index contributed by atoms with van der Waals surface area (Å²) in [6, 6.07) is 6.78. The van der Waals surface area contributed by atoms with Gasteiger partial charge in [-0.1, -0.05) is 46.9 Å². The normalized spacial score (nSPS) is 10.5. The summed E-state index contributed by atoms with van der Waals surface area (Å²) >= 11 is 2.09. The lowest BCUT2D eigenvalue weighted by molar-refractivity contribution is -0.385. The van der Waals surface area contributed by atoms with Gasteiger partial charge in [-0.05, 0) is 10.5 Å². The molecule has 0 atom stereocenters. The molecular weight excluding hydrogens is 281 g/mol. The first-order valence-electron chi connectivity index (χ1n) is 3.73. The number of halogens is 1. The average molecular weight is 289 g/mol. The number of benzene rings is 1. The highest BCUT2D eigenvalue weighted by atomic mass is 127. The molecule has 68 valence electrons. The van der Waals surface area contributed by atoms with E-state index in [0.717, 1.165) is 5.56 Å². The van der Waals surface area contributed by atoms with E-state index in [1.807, 2.05) is 16.2 Å². The van der Waals surface area contributed by atoms with Crippen LogP contribution in [0.2, 0.25) is 0 Å². The van der Waals surface area contributed by atoms with E-state index < -0.39 is 0 Å². The number of rotatable bonds is 3. The van der Waals surface area contributed by atoms with E-state index >= 15 is 0 Å². The lowest BCUT2D eigenvalue weighted by Crippen LogP contribution is -1.93. The zero-order valence-corrected chi connectivity index (χ0v) is 8.97. The van der Waals surface area contributed by atoms with Crippen LogP contribution in [0.15, 0.2) is 34.4 Å². The van der Waals surface area contributed by atoms with Gasteiger partial charge < -0.3 is 0 Å². The number of nitro groups is 1. The van der Waals surface area contributed by atoms with Gasteiger partial charge in [0.25, 0.3) is 5.69 Å². The molecule has 1 rings (SSSR count). The molecule has 13 heavy (non-hydrogen) atoms. The first kappa shape index (κ1) is 10.2. The monoisotopic (exact) mass is 289 g/mol. The van der Waals surface area contributed by atoms with Gasteiger partial charge in [-0.3, -0.25) is 10.1 Å². The molecule has 0 saturated carbocycles. The first-order chi connectivity index (χ1) is 6.25. The van der Waals surface area contributed by atoms with Crippen molar-refractivity contribution in [1.29, 1.82) is 0 Å². The lowest BCUT2D eigenvalue weighted by atomic mass is 10.1. The number of hydrogen-bond acceptors (Lipinski definition) is 2. The fourth-order valence-corrected chi connectivity index (χ4v) is 1.29. The second-order valence-electron chi connectivity index (χ2n) is 2.45. The molecule has 0 radical (unpaired) electrons. The summed E-state index contributed by atoms with van der Waals surface area (Å²) in [4.78, 5) is 10.2. The summed E-state index contributed by atoms with van der Waals surface area (Å²) in [6.45, 7) is 0. The van der Waals surface area contributed by atoms with Gasteiger partial charge in [0.2, 0.25) is 0 Å². The maximum atomic E-state index is 10.6. The first-order valence-corrected chi connectivity index (χ1v) is 4.98. The van der Waals surface area contributed by atoms with Crippen molar-refractivity contribution in [2.24, 2.45) is 0 Å². The number of nitrogens with zero attached hydrogens (tertiary/aromatic N) is 1. The Labute approximate surface area is 89.8 Å². The Hall–Kier alpha value is -0.910. The third-order valence-electron chi connectivity index (χ3n) is 1.62. The van der Waals surface area contributed by atoms with E-state index in [2.05, 4.69) is 22.6 Å². The molecule has 0 amide bonds. The van der Waals surface area contributed by atoms with E-state index in [1.54, 1.807) is 12.1 Å². The van der Waals surface area contributed by atoms with Gasteiger partial charge in [-0.15, -0.1) is 0 Å². The molecule has 1 aromatic rings. The van der Waals surface area contributed by atoms with Gasteiger partial charge in [-0.25, -0.2) is 0 Å². The Bertz CT molecular complexity index is 336. The molecule has 0 heterocycles. The Morgan fingerprint density at radius 2 is 2.15 bits per heavy atom. The maximum absolute atomic E-state index is 10.6. The van der Waals surface area contributed by atoms with E-state index in [4.69, 9.17) is 0 Å². The summed E-state index contributed by atoms with van der Waals surface area (Å²) in [5.74, 6) is 0. The van der Waals surface area contributed by atoms with Crippen molar-refractivity contribution in [1.82, 2.24) is 0 Å². The Morgan fingerprint density at radius 3 is 2.77 bits per heavy atom. The van der Waals surface area contributed by atoms with Crippen LogP contribution in [0.1, 0.15) is 5.56 Å². The lowest BCUT2D eigenvalue weighted by Gasteiger charge is -1.97. The summed E-state index contributed by atoms with van der Waals surface area (Å²) in [5.41, 5.74) is 0.942. The topological polar surface area (TPSA) is 43.1 Å². The highest BCUT2D eigenvalue weighted by Gasteiger charge is 2.09. The molecule has 0 aliphatic heterocycles. The number of nitro benzene ring substituents is 1. The van der Waals surface area contributed by atoms with Crippen LogP contribution in [0.25, 0.3) is 0 Å². The molecular formula is C9H8INO2. The standard InChI is InChI=1S/C9H8INO2/c10-7-3-5-8-4-1-2-6-9(8)11(12)13/h1-4,6-7H,5H2. The number of allylic oxidation sites excluding steroid dienone is 1. The predicted molar refractivity (Wildman–Crippen MR) is 60.0 cm³/mol. The van der Waals surface area contributed by atoms with Crippen LogP contribution in [0.4, 0.5) is 5.69 Å². The second-order valence-corrected chi connectivity index (χ2v) is 3.17. The minimum atomic E-state index is -0.351. The molecule has 0 fully saturated rings. The average Bonchev–Trinajstić information content (AvgIpc) is 2.15. The summed E-state index contributed by atoms with van der Waals surface area (Å²) in [5, 5.41) is 10.6. The minimum absolute atomic E-state index is 0.192. The van der Waals surface area contributed by atoms with Crippen LogP contribution in [0, 0.1) is 10.1 Å². The molecule has 0 N–H and O–H groups in total. The van der Waals surface area contributed by atoms with Crippen LogP contribution in [-0.2, 0) is 6.42 Å². The molecule has 0 aromatic heterocycles. The van der Waals surface area contributed by atoms with Crippen molar-refractivity contribution in [3.63, 3.8) is 0 Å². The highest BCUT2D eigenvalue weighted by molar-refractivity contribution is 14.1. The Morgan fingerprint density at radius 1 is 1.46 bits per heavy atom. The van der Waals surface area contributed by atoms with Crippen LogP contribution in [-0.4, -0.2) is 4.92 Å². The predicted octanol–water partition coefficient (Wildman–Crippen LogP) is 3.09. The molecule has 4 heteroatoms. The largest absolute Gasteiger partial charge is 0.272 e. The SMILES string of the molecule is O=[N+]([O-])c1ccccc1CC=CI. The van der Waals surface area contributed by atoms with E-state index in [-0.39, 0.29) is 10.6 Å². The van der Waals surface area contributed by atoms with Gasteiger partial charge in [-0.2, -0.15) is 0 Å². The van der Waals surface area contributed by atoms with Crippen LogP contribution in [0.5, 0.6) is 0 Å². The van der Waals surface area contributed by atoms with Gasteiger partial charge in [0.05, 0.1) is 4.92 Å². The number of hydrogen-bond donors (Lipinski definition) is 0. The van der Waals surface area contributed by atoms with Gasteiger partial charge in [0.1, 0.15) is 0 Å². The van der Waals surface area contributed by atoms with Gasteiger partial charge in [0, 0.05) is 11.6 Å². The molecule has 0 saturated heterocycles. The zero-order valence-electron chi connectivity index (χ0n) is 6.81. The van der Waals surface area contributed by atoms with Crippen molar-refractivity contribution < 1.29 is 4.92 Å². The number of para-hydroxylation sites is 1. The van der Waals surface area contributed by atoms with E-state index in [0.29, 0.717) is 6.42 Å². The smallest absolute Gasteiger partial charge is 0.258 e. The highest BCUT2D eigenvalue weighted by Crippen LogP contribution is 2.18. The Balaban J connectivity index is 2.97. The van der Waals surface area contributed by atoms with Gasteiger partial charge in [0.15, 0.2) is 0 Å². The molecule has 0 unspecified atom stereocenters. The quantitative estimate of drug-likeness (QED) is 0.487. The van der Waals surface area contributed by atoms with E-state index in [1.165, 1.54) is 6.07 Å². The molecule has 0 aliphatic rings. The van der Waals surface area contributed by atoms with Crippen molar-refractivity contribution in [3.8, 4) is 0 Å². The molecule has 1 aromatic carbocycles. The van der Waals surface area contributed by atoms with Crippen molar-refractivity contribution >= 4 is 28.3 Å². The fraction of sp³-hybridized carbons (Fsp3) is 0.111. The van der Waals surface area contributed by atoms with Gasteiger partial charge >= 0.3 is 0 Å². The van der Waals surface area contributed by atoms with Crippen molar-refractivity contribution in [3.05, 3.63) is 50.1 Å². The summed E-state index contributed by atoms with van der Waals surface area (Å²) in [6.07, 6.45) is 2.50. The van der Waals surface area contributed by atoms with Crippen molar-refractivity contribution in [2.45, 2.75) is 6.42 Å². The molecule has 3 nitrogen and oxygen atoms in total. The van der Waals surface area contributed by atoms with Crippen LogP contribution in [0.3, 0.4) is 0 Å². The maximum Gasteiger partial charge on any atom is 0.272 e. The molecule has 0 bridgehead atoms. The minimum Gasteiger partial charge on any atom is -0.258 e. The van der Waals surface area contributed by atoms with Crippen LogP contribution >= 0.6 is 22.6 Å². The third-order valence-corrected chi connectivity index (χ3v) is 2.12.